The number of halogens is 1. The van der Waals surface area contributed by atoms with Gasteiger partial charge in [-0.05, 0) is 36.8 Å². The normalized spacial score (nSPS) is 10.9. The molecule has 1 aromatic heterocycles. The molecule has 0 fully saturated rings. The van der Waals surface area contributed by atoms with Gasteiger partial charge in [0.2, 0.25) is 0 Å². The van der Waals surface area contributed by atoms with Crippen molar-refractivity contribution in [3.05, 3.63) is 58.9 Å². The zero-order valence-electron chi connectivity index (χ0n) is 10.7. The molecule has 1 N–H and O–H groups in total. The Bertz CT molecular complexity index is 804. The van der Waals surface area contributed by atoms with Gasteiger partial charge in [0.25, 0.3) is 0 Å². The van der Waals surface area contributed by atoms with Gasteiger partial charge in [-0.1, -0.05) is 23.7 Å². The number of carboxylic acid groups (broad SMARTS) is 1. The van der Waals surface area contributed by atoms with Crippen LogP contribution in [0.25, 0.3) is 16.7 Å². The molecule has 0 aliphatic rings. The lowest BCUT2D eigenvalue weighted by Crippen LogP contribution is -1.98. The number of aromatic carboxylic acids is 1. The summed E-state index contributed by atoms with van der Waals surface area (Å²) in [6, 6.07) is 10.5. The Balaban J connectivity index is 2.26. The van der Waals surface area contributed by atoms with Crippen LogP contribution in [-0.4, -0.2) is 20.6 Å². The van der Waals surface area contributed by atoms with Gasteiger partial charge in [0.15, 0.2) is 0 Å². The van der Waals surface area contributed by atoms with Crippen LogP contribution >= 0.6 is 11.6 Å². The van der Waals surface area contributed by atoms with Gasteiger partial charge in [0.05, 0.1) is 27.3 Å². The second-order valence-electron chi connectivity index (χ2n) is 4.53. The smallest absolute Gasteiger partial charge is 0.335 e. The molecule has 1 heterocycles. The number of fused-ring (bicyclic) bond motifs is 1. The maximum atomic E-state index is 11.0. The number of imidazole rings is 1. The average molecular weight is 287 g/mol. The Morgan fingerprint density at radius 2 is 2.10 bits per heavy atom. The van der Waals surface area contributed by atoms with E-state index in [1.807, 2.05) is 29.7 Å². The quantitative estimate of drug-likeness (QED) is 0.782. The lowest BCUT2D eigenvalue weighted by molar-refractivity contribution is 0.0697. The van der Waals surface area contributed by atoms with Crippen LogP contribution in [0.3, 0.4) is 0 Å². The third-order valence-corrected chi connectivity index (χ3v) is 3.53. The summed E-state index contributed by atoms with van der Waals surface area (Å²) in [6.45, 7) is 1.97. The second-order valence-corrected chi connectivity index (χ2v) is 4.94. The zero-order chi connectivity index (χ0) is 14.3. The summed E-state index contributed by atoms with van der Waals surface area (Å²) >= 11 is 6.26. The summed E-state index contributed by atoms with van der Waals surface area (Å²) in [7, 11) is 0. The van der Waals surface area contributed by atoms with E-state index < -0.39 is 5.97 Å². The summed E-state index contributed by atoms with van der Waals surface area (Å²) in [4.78, 5) is 15.2. The van der Waals surface area contributed by atoms with Crippen molar-refractivity contribution >= 4 is 28.6 Å². The summed E-state index contributed by atoms with van der Waals surface area (Å²) in [5, 5.41) is 9.63. The molecule has 0 bridgehead atoms. The number of hydrogen-bond donors (Lipinski definition) is 1. The topological polar surface area (TPSA) is 55.1 Å². The standard InChI is InChI=1S/C15H11ClN2O2/c1-9-3-2-4-11(16)14(9)18-8-17-12-7-10(15(19)20)5-6-13(12)18/h2-8H,1H3,(H,19,20). The van der Waals surface area contributed by atoms with E-state index in [0.717, 1.165) is 16.8 Å². The summed E-state index contributed by atoms with van der Waals surface area (Å²) < 4.78 is 1.87. The lowest BCUT2D eigenvalue weighted by atomic mass is 10.1. The van der Waals surface area contributed by atoms with E-state index in [0.29, 0.717) is 10.5 Å². The molecular formula is C15H11ClN2O2. The second kappa shape index (κ2) is 4.65. The first kappa shape index (κ1) is 12.7. The molecule has 4 nitrogen and oxygen atoms in total. The van der Waals surface area contributed by atoms with Crippen molar-refractivity contribution in [3.63, 3.8) is 0 Å². The molecule has 0 saturated carbocycles. The van der Waals surface area contributed by atoms with Crippen molar-refractivity contribution in [1.82, 2.24) is 9.55 Å². The lowest BCUT2D eigenvalue weighted by Gasteiger charge is -2.10. The van der Waals surface area contributed by atoms with E-state index in [1.54, 1.807) is 24.5 Å². The number of nitrogens with zero attached hydrogens (tertiary/aromatic N) is 2. The highest BCUT2D eigenvalue weighted by Crippen LogP contribution is 2.27. The van der Waals surface area contributed by atoms with Gasteiger partial charge in [-0.2, -0.15) is 0 Å². The van der Waals surface area contributed by atoms with E-state index in [2.05, 4.69) is 4.98 Å². The van der Waals surface area contributed by atoms with E-state index >= 15 is 0 Å². The predicted molar refractivity (Wildman–Crippen MR) is 77.8 cm³/mol. The molecule has 0 spiro atoms. The van der Waals surface area contributed by atoms with Crippen LogP contribution in [0.2, 0.25) is 5.02 Å². The van der Waals surface area contributed by atoms with Gasteiger partial charge in [0.1, 0.15) is 6.33 Å². The van der Waals surface area contributed by atoms with E-state index in [9.17, 15) is 4.79 Å². The van der Waals surface area contributed by atoms with Crippen LogP contribution in [0.4, 0.5) is 0 Å². The average Bonchev–Trinajstić information content (AvgIpc) is 2.81. The number of rotatable bonds is 2. The first-order valence-corrected chi connectivity index (χ1v) is 6.41. The van der Waals surface area contributed by atoms with Crippen LogP contribution in [0.1, 0.15) is 15.9 Å². The SMILES string of the molecule is Cc1cccc(Cl)c1-n1cnc2cc(C(=O)O)ccc21. The molecule has 0 saturated heterocycles. The van der Waals surface area contributed by atoms with Crippen LogP contribution in [0.15, 0.2) is 42.7 Å². The number of carboxylic acids is 1. The van der Waals surface area contributed by atoms with Crippen LogP contribution in [0.5, 0.6) is 0 Å². The minimum atomic E-state index is -0.963. The number of aryl methyl sites for hydroxylation is 1. The molecular weight excluding hydrogens is 276 g/mol. The summed E-state index contributed by atoms with van der Waals surface area (Å²) in [5.74, 6) is -0.963. The minimum Gasteiger partial charge on any atom is -0.478 e. The van der Waals surface area contributed by atoms with E-state index in [-0.39, 0.29) is 5.56 Å². The van der Waals surface area contributed by atoms with Crippen molar-refractivity contribution in [1.29, 1.82) is 0 Å². The number of aromatic nitrogens is 2. The molecule has 5 heteroatoms. The van der Waals surface area contributed by atoms with Crippen LogP contribution in [-0.2, 0) is 0 Å². The minimum absolute atomic E-state index is 0.221. The highest BCUT2D eigenvalue weighted by molar-refractivity contribution is 6.32. The van der Waals surface area contributed by atoms with Crippen molar-refractivity contribution in [2.24, 2.45) is 0 Å². The molecule has 3 aromatic rings. The molecule has 100 valence electrons. The van der Waals surface area contributed by atoms with Crippen molar-refractivity contribution in [2.75, 3.05) is 0 Å². The highest BCUT2D eigenvalue weighted by Gasteiger charge is 2.12. The number of para-hydroxylation sites is 1. The maximum Gasteiger partial charge on any atom is 0.335 e. The maximum absolute atomic E-state index is 11.0. The van der Waals surface area contributed by atoms with Gasteiger partial charge in [-0.25, -0.2) is 9.78 Å². The fourth-order valence-electron chi connectivity index (χ4n) is 2.25. The van der Waals surface area contributed by atoms with Gasteiger partial charge in [-0.15, -0.1) is 0 Å². The van der Waals surface area contributed by atoms with Crippen molar-refractivity contribution < 1.29 is 9.90 Å². The molecule has 20 heavy (non-hydrogen) atoms. The molecule has 0 unspecified atom stereocenters. The van der Waals surface area contributed by atoms with Crippen LogP contribution < -0.4 is 0 Å². The fraction of sp³-hybridized carbons (Fsp3) is 0.0667. The molecule has 0 atom stereocenters. The largest absolute Gasteiger partial charge is 0.478 e. The first-order valence-electron chi connectivity index (χ1n) is 6.04. The molecule has 0 amide bonds. The summed E-state index contributed by atoms with van der Waals surface area (Å²) in [5.41, 5.74) is 3.56. The van der Waals surface area contributed by atoms with Gasteiger partial charge >= 0.3 is 5.97 Å². The zero-order valence-corrected chi connectivity index (χ0v) is 11.4. The molecule has 0 aliphatic heterocycles. The Labute approximate surface area is 120 Å². The summed E-state index contributed by atoms with van der Waals surface area (Å²) in [6.07, 6.45) is 1.66. The Morgan fingerprint density at radius 1 is 1.30 bits per heavy atom. The van der Waals surface area contributed by atoms with Gasteiger partial charge < -0.3 is 5.11 Å². The monoisotopic (exact) mass is 286 g/mol. The number of hydrogen-bond acceptors (Lipinski definition) is 2. The van der Waals surface area contributed by atoms with Crippen molar-refractivity contribution in [2.45, 2.75) is 6.92 Å². The number of carbonyl (C=O) groups is 1. The van der Waals surface area contributed by atoms with Crippen LogP contribution in [0, 0.1) is 6.92 Å². The first-order chi connectivity index (χ1) is 9.58. The van der Waals surface area contributed by atoms with Gasteiger partial charge in [0, 0.05) is 0 Å². The highest BCUT2D eigenvalue weighted by atomic mass is 35.5. The number of benzene rings is 2. The predicted octanol–water partition coefficient (Wildman–Crippen LogP) is 3.69. The Kier molecular flexibility index (Phi) is 2.95. The fourth-order valence-corrected chi connectivity index (χ4v) is 2.56. The van der Waals surface area contributed by atoms with Gasteiger partial charge in [-0.3, -0.25) is 4.57 Å². The van der Waals surface area contributed by atoms with E-state index in [4.69, 9.17) is 16.7 Å². The van der Waals surface area contributed by atoms with E-state index in [1.165, 1.54) is 0 Å². The molecule has 3 rings (SSSR count). The molecule has 2 aromatic carbocycles. The molecule has 0 radical (unpaired) electrons. The third kappa shape index (κ3) is 1.94. The molecule has 0 aliphatic carbocycles. The Hall–Kier alpha value is -2.33. The third-order valence-electron chi connectivity index (χ3n) is 3.22. The van der Waals surface area contributed by atoms with Crippen molar-refractivity contribution in [3.8, 4) is 5.69 Å². The Morgan fingerprint density at radius 3 is 2.80 bits per heavy atom.